The smallest absolute Gasteiger partial charge is 0.323 e. The number of carbonyl (C=O) groups excluding carboxylic acids is 2. The molecule has 2 saturated carbocycles. The lowest BCUT2D eigenvalue weighted by molar-refractivity contribution is -0.551. The summed E-state index contributed by atoms with van der Waals surface area (Å²) < 4.78 is 9.66. The minimum absolute atomic E-state index is 0.157. The van der Waals surface area contributed by atoms with Crippen LogP contribution in [0.15, 0.2) is 0 Å². The third-order valence-electron chi connectivity index (χ3n) is 5.42. The number of rotatable bonds is 7. The van der Waals surface area contributed by atoms with Crippen molar-refractivity contribution >= 4 is 11.9 Å². The second-order valence-corrected chi connectivity index (χ2v) is 6.36. The number of ether oxygens (including phenoxy) is 2. The topological polar surface area (TPSA) is 95.7 Å². The van der Waals surface area contributed by atoms with E-state index < -0.39 is 28.8 Å². The van der Waals surface area contributed by atoms with E-state index in [1.54, 1.807) is 0 Å². The number of nitrogens with zero attached hydrogens (tertiary/aromatic N) is 1. The normalized spacial score (nSPS) is 31.2. The molecule has 0 radical (unpaired) electrons. The molecule has 124 valence electrons. The highest BCUT2D eigenvalue weighted by atomic mass is 16.6. The van der Waals surface area contributed by atoms with E-state index in [1.807, 2.05) is 6.92 Å². The molecule has 0 saturated heterocycles. The van der Waals surface area contributed by atoms with E-state index in [0.717, 1.165) is 19.3 Å². The fraction of sp³-hybridized carbons (Fsp3) is 0.867. The molecule has 0 heterocycles. The quantitative estimate of drug-likeness (QED) is 0.234. The van der Waals surface area contributed by atoms with Gasteiger partial charge in [-0.05, 0) is 12.8 Å². The Balaban J connectivity index is 2.41. The van der Waals surface area contributed by atoms with Gasteiger partial charge in [0.15, 0.2) is 5.41 Å². The molecule has 2 rings (SSSR count). The van der Waals surface area contributed by atoms with Crippen molar-refractivity contribution in [2.75, 3.05) is 14.2 Å². The van der Waals surface area contributed by atoms with Gasteiger partial charge < -0.3 is 9.47 Å². The standard InChI is InChI=1S/C15H23NO6/c1-4-5-6-7-11-14(12(17)21-2,13(18)22-3)8-10-9-15(10,11)16(19)20/h10-11H,4-9H2,1-3H3/t10-,11+,15-/m1/s1. The molecule has 7 heteroatoms. The Morgan fingerprint density at radius 1 is 1.18 bits per heavy atom. The van der Waals surface area contributed by atoms with Gasteiger partial charge in [0.2, 0.25) is 5.54 Å². The Hall–Kier alpha value is -1.66. The van der Waals surface area contributed by atoms with Crippen molar-refractivity contribution in [1.29, 1.82) is 0 Å². The summed E-state index contributed by atoms with van der Waals surface area (Å²) in [5.74, 6) is -2.29. The van der Waals surface area contributed by atoms with Crippen molar-refractivity contribution in [3.05, 3.63) is 10.1 Å². The van der Waals surface area contributed by atoms with Crippen molar-refractivity contribution in [2.45, 2.75) is 51.0 Å². The van der Waals surface area contributed by atoms with Crippen molar-refractivity contribution in [3.8, 4) is 0 Å². The summed E-state index contributed by atoms with van der Waals surface area (Å²) in [6, 6.07) is 0. The number of methoxy groups -OCH3 is 2. The number of carbonyl (C=O) groups is 2. The van der Waals surface area contributed by atoms with Gasteiger partial charge in [0.1, 0.15) is 0 Å². The number of hydrogen-bond acceptors (Lipinski definition) is 6. The monoisotopic (exact) mass is 313 g/mol. The summed E-state index contributed by atoms with van der Waals surface area (Å²) in [5.41, 5.74) is -2.68. The number of fused-ring (bicyclic) bond motifs is 1. The zero-order valence-corrected chi connectivity index (χ0v) is 13.3. The first-order valence-corrected chi connectivity index (χ1v) is 7.73. The molecule has 7 nitrogen and oxygen atoms in total. The van der Waals surface area contributed by atoms with E-state index in [0.29, 0.717) is 12.8 Å². The van der Waals surface area contributed by atoms with Crippen LogP contribution in [-0.4, -0.2) is 36.6 Å². The summed E-state index contributed by atoms with van der Waals surface area (Å²) in [4.78, 5) is 36.1. The molecular weight excluding hydrogens is 290 g/mol. The molecule has 2 fully saturated rings. The Labute approximate surface area is 129 Å². The summed E-state index contributed by atoms with van der Waals surface area (Å²) in [5, 5.41) is 11.6. The van der Waals surface area contributed by atoms with E-state index in [9.17, 15) is 19.7 Å². The molecule has 0 unspecified atom stereocenters. The molecule has 0 aromatic heterocycles. The van der Waals surface area contributed by atoms with Crippen LogP contribution in [0.25, 0.3) is 0 Å². The van der Waals surface area contributed by atoms with E-state index in [1.165, 1.54) is 14.2 Å². The predicted octanol–water partition coefficient (Wildman–Crippen LogP) is 1.95. The third kappa shape index (κ3) is 2.09. The van der Waals surface area contributed by atoms with Gasteiger partial charge in [0.25, 0.3) is 0 Å². The van der Waals surface area contributed by atoms with Gasteiger partial charge >= 0.3 is 11.9 Å². The van der Waals surface area contributed by atoms with Gasteiger partial charge in [0, 0.05) is 17.3 Å². The van der Waals surface area contributed by atoms with Crippen molar-refractivity contribution in [3.63, 3.8) is 0 Å². The van der Waals surface area contributed by atoms with Crippen LogP contribution in [0.3, 0.4) is 0 Å². The molecule has 0 aliphatic heterocycles. The summed E-state index contributed by atoms with van der Waals surface area (Å²) in [6.07, 6.45) is 3.68. The molecule has 0 bridgehead atoms. The van der Waals surface area contributed by atoms with Gasteiger partial charge in [-0.25, -0.2) is 0 Å². The highest BCUT2D eigenvalue weighted by Gasteiger charge is 2.84. The van der Waals surface area contributed by atoms with Gasteiger partial charge in [-0.15, -0.1) is 0 Å². The highest BCUT2D eigenvalue weighted by molar-refractivity contribution is 6.01. The number of nitro groups is 1. The molecule has 2 aliphatic carbocycles. The van der Waals surface area contributed by atoms with Gasteiger partial charge in [0.05, 0.1) is 20.1 Å². The van der Waals surface area contributed by atoms with E-state index >= 15 is 0 Å². The first-order valence-electron chi connectivity index (χ1n) is 7.73. The average Bonchev–Trinajstić information content (AvgIpc) is 3.16. The molecular formula is C15H23NO6. The first kappa shape index (κ1) is 16.7. The average molecular weight is 313 g/mol. The molecule has 0 N–H and O–H groups in total. The first-order chi connectivity index (χ1) is 10.4. The second-order valence-electron chi connectivity index (χ2n) is 6.36. The summed E-state index contributed by atoms with van der Waals surface area (Å²) in [7, 11) is 2.41. The Morgan fingerprint density at radius 3 is 2.23 bits per heavy atom. The van der Waals surface area contributed by atoms with Crippen LogP contribution in [-0.2, 0) is 19.1 Å². The highest BCUT2D eigenvalue weighted by Crippen LogP contribution is 2.69. The summed E-state index contributed by atoms with van der Waals surface area (Å²) in [6.45, 7) is 2.03. The summed E-state index contributed by atoms with van der Waals surface area (Å²) >= 11 is 0. The van der Waals surface area contributed by atoms with Crippen LogP contribution in [0.4, 0.5) is 0 Å². The molecule has 0 amide bonds. The largest absolute Gasteiger partial charge is 0.468 e. The Morgan fingerprint density at radius 2 is 1.77 bits per heavy atom. The lowest BCUT2D eigenvalue weighted by Gasteiger charge is -2.32. The van der Waals surface area contributed by atoms with Crippen LogP contribution < -0.4 is 0 Å². The third-order valence-corrected chi connectivity index (χ3v) is 5.42. The Bertz CT molecular complexity index is 474. The maximum absolute atomic E-state index is 12.4. The maximum atomic E-state index is 12.4. The molecule has 2 aliphatic rings. The molecule has 22 heavy (non-hydrogen) atoms. The van der Waals surface area contributed by atoms with E-state index in [4.69, 9.17) is 9.47 Å². The van der Waals surface area contributed by atoms with Crippen LogP contribution in [0.5, 0.6) is 0 Å². The van der Waals surface area contributed by atoms with Crippen molar-refractivity contribution in [1.82, 2.24) is 0 Å². The fourth-order valence-electron chi connectivity index (χ4n) is 4.31. The molecule has 0 aromatic rings. The van der Waals surface area contributed by atoms with Gasteiger partial charge in [-0.2, -0.15) is 0 Å². The van der Waals surface area contributed by atoms with Crippen LogP contribution in [0.1, 0.15) is 45.4 Å². The lowest BCUT2D eigenvalue weighted by Crippen LogP contribution is -2.50. The van der Waals surface area contributed by atoms with Crippen LogP contribution >= 0.6 is 0 Å². The van der Waals surface area contributed by atoms with Gasteiger partial charge in [-0.3, -0.25) is 19.7 Å². The number of unbranched alkanes of at least 4 members (excludes halogenated alkanes) is 2. The van der Waals surface area contributed by atoms with Crippen LogP contribution in [0, 0.1) is 27.4 Å². The molecule has 3 atom stereocenters. The lowest BCUT2D eigenvalue weighted by atomic mass is 9.70. The molecule has 0 spiro atoms. The zero-order chi connectivity index (χ0) is 16.5. The van der Waals surface area contributed by atoms with Crippen molar-refractivity contribution in [2.24, 2.45) is 17.3 Å². The second kappa shape index (κ2) is 5.85. The maximum Gasteiger partial charge on any atom is 0.323 e. The predicted molar refractivity (Wildman–Crippen MR) is 76.5 cm³/mol. The number of hydrogen-bond donors (Lipinski definition) is 0. The van der Waals surface area contributed by atoms with Gasteiger partial charge in [-0.1, -0.05) is 26.2 Å². The molecule has 0 aromatic carbocycles. The SMILES string of the molecule is CCCCC[C@H]1C(C(=O)OC)(C(=O)OC)C[C@@H]2C[C@@]21[N+](=O)[O-]. The van der Waals surface area contributed by atoms with E-state index in [-0.39, 0.29) is 17.3 Å². The number of esters is 2. The Kier molecular flexibility index (Phi) is 4.44. The van der Waals surface area contributed by atoms with Crippen molar-refractivity contribution < 1.29 is 24.0 Å². The van der Waals surface area contributed by atoms with E-state index in [2.05, 4.69) is 0 Å². The zero-order valence-electron chi connectivity index (χ0n) is 13.3. The van der Waals surface area contributed by atoms with Crippen LogP contribution in [0.2, 0.25) is 0 Å². The minimum Gasteiger partial charge on any atom is -0.468 e. The fourth-order valence-corrected chi connectivity index (χ4v) is 4.31. The minimum atomic E-state index is -1.52.